The number of pyridine rings is 1. The second kappa shape index (κ2) is 5.86. The maximum atomic E-state index is 4.49. The first-order valence-corrected chi connectivity index (χ1v) is 8.58. The second-order valence-electron chi connectivity index (χ2n) is 7.37. The molecule has 2 aliphatic rings. The number of nitrogens with one attached hydrogen (secondary N) is 1. The summed E-state index contributed by atoms with van der Waals surface area (Å²) in [5.74, 6) is 1.93. The molecule has 0 saturated heterocycles. The van der Waals surface area contributed by atoms with Crippen molar-refractivity contribution < 1.29 is 0 Å². The van der Waals surface area contributed by atoms with Gasteiger partial charge in [-0.1, -0.05) is 27.2 Å². The van der Waals surface area contributed by atoms with Crippen LogP contribution in [0.15, 0.2) is 12.3 Å². The summed E-state index contributed by atoms with van der Waals surface area (Å²) in [5.41, 5.74) is 3.42. The molecule has 1 unspecified atom stereocenters. The SMILES string of the molecule is CCC(C)CCN(CC1(C)CC1)c1ccnc2c1CCN2. The molecule has 116 valence electrons. The molecule has 0 bridgehead atoms. The number of nitrogens with zero attached hydrogens (tertiary/aromatic N) is 2. The van der Waals surface area contributed by atoms with Gasteiger partial charge in [-0.3, -0.25) is 0 Å². The standard InChI is InChI=1S/C18H29N3/c1-4-14(2)7-12-21(13-18(3)8-9-18)16-6-11-20-17-15(16)5-10-19-17/h6,11,14H,4-5,7-10,12-13H2,1-3H3,(H,19,20). The summed E-state index contributed by atoms with van der Waals surface area (Å²) >= 11 is 0. The number of hydrogen-bond acceptors (Lipinski definition) is 3. The normalized spacial score (nSPS) is 19.8. The van der Waals surface area contributed by atoms with Gasteiger partial charge in [-0.25, -0.2) is 4.98 Å². The summed E-state index contributed by atoms with van der Waals surface area (Å²) in [6.45, 7) is 10.5. The molecule has 0 radical (unpaired) electrons. The summed E-state index contributed by atoms with van der Waals surface area (Å²) in [7, 11) is 0. The molecule has 1 aliphatic heterocycles. The highest BCUT2D eigenvalue weighted by molar-refractivity contribution is 5.65. The largest absolute Gasteiger partial charge is 0.371 e. The van der Waals surface area contributed by atoms with Crippen LogP contribution in [-0.4, -0.2) is 24.6 Å². The van der Waals surface area contributed by atoms with Crippen LogP contribution in [-0.2, 0) is 6.42 Å². The molecule has 0 amide bonds. The molecule has 1 atom stereocenters. The minimum atomic E-state index is 0.553. The van der Waals surface area contributed by atoms with Crippen LogP contribution in [0.25, 0.3) is 0 Å². The van der Waals surface area contributed by atoms with E-state index in [0.717, 1.165) is 24.7 Å². The summed E-state index contributed by atoms with van der Waals surface area (Å²) in [6.07, 6.45) is 8.43. The lowest BCUT2D eigenvalue weighted by Gasteiger charge is -2.30. The number of rotatable bonds is 7. The maximum Gasteiger partial charge on any atom is 0.131 e. The van der Waals surface area contributed by atoms with Gasteiger partial charge in [-0.05, 0) is 43.1 Å². The molecular weight excluding hydrogens is 258 g/mol. The topological polar surface area (TPSA) is 28.2 Å². The van der Waals surface area contributed by atoms with Crippen LogP contribution in [0.5, 0.6) is 0 Å². The molecule has 0 spiro atoms. The third-order valence-corrected chi connectivity index (χ3v) is 5.30. The van der Waals surface area contributed by atoms with E-state index in [1.807, 2.05) is 6.20 Å². The van der Waals surface area contributed by atoms with Gasteiger partial charge in [0, 0.05) is 37.1 Å². The Kier molecular flexibility index (Phi) is 4.10. The molecule has 1 fully saturated rings. The molecule has 3 rings (SSSR count). The second-order valence-corrected chi connectivity index (χ2v) is 7.37. The van der Waals surface area contributed by atoms with Crippen molar-refractivity contribution in [2.75, 3.05) is 29.9 Å². The smallest absolute Gasteiger partial charge is 0.131 e. The third kappa shape index (κ3) is 3.33. The molecular formula is C18H29N3. The third-order valence-electron chi connectivity index (χ3n) is 5.30. The summed E-state index contributed by atoms with van der Waals surface area (Å²) in [6, 6.07) is 2.23. The van der Waals surface area contributed by atoms with Crippen LogP contribution in [0.2, 0.25) is 0 Å². The maximum absolute atomic E-state index is 4.49. The Morgan fingerprint density at radius 1 is 1.43 bits per heavy atom. The summed E-state index contributed by atoms with van der Waals surface area (Å²) < 4.78 is 0. The van der Waals surface area contributed by atoms with E-state index in [1.165, 1.54) is 50.0 Å². The van der Waals surface area contributed by atoms with E-state index < -0.39 is 0 Å². The van der Waals surface area contributed by atoms with Crippen molar-refractivity contribution in [2.45, 2.75) is 52.9 Å². The lowest BCUT2D eigenvalue weighted by Crippen LogP contribution is -2.32. The van der Waals surface area contributed by atoms with Crippen LogP contribution in [0.3, 0.4) is 0 Å². The van der Waals surface area contributed by atoms with Crippen molar-refractivity contribution in [3.63, 3.8) is 0 Å². The van der Waals surface area contributed by atoms with Gasteiger partial charge in [-0.2, -0.15) is 0 Å². The van der Waals surface area contributed by atoms with E-state index in [9.17, 15) is 0 Å². The van der Waals surface area contributed by atoms with Crippen LogP contribution in [0, 0.1) is 11.3 Å². The van der Waals surface area contributed by atoms with E-state index in [0.29, 0.717) is 5.41 Å². The van der Waals surface area contributed by atoms with E-state index in [2.05, 4.69) is 42.0 Å². The van der Waals surface area contributed by atoms with E-state index in [4.69, 9.17) is 0 Å². The van der Waals surface area contributed by atoms with Gasteiger partial charge in [0.25, 0.3) is 0 Å². The predicted octanol–water partition coefficient (Wildman–Crippen LogP) is 4.09. The fourth-order valence-electron chi connectivity index (χ4n) is 3.18. The van der Waals surface area contributed by atoms with Crippen molar-refractivity contribution in [2.24, 2.45) is 11.3 Å². The highest BCUT2D eigenvalue weighted by Crippen LogP contribution is 2.46. The number of hydrogen-bond donors (Lipinski definition) is 1. The Morgan fingerprint density at radius 3 is 2.95 bits per heavy atom. The van der Waals surface area contributed by atoms with Crippen molar-refractivity contribution in [3.8, 4) is 0 Å². The van der Waals surface area contributed by atoms with Gasteiger partial charge in [0.15, 0.2) is 0 Å². The first-order chi connectivity index (χ1) is 10.1. The van der Waals surface area contributed by atoms with Crippen LogP contribution >= 0.6 is 0 Å². The summed E-state index contributed by atoms with van der Waals surface area (Å²) in [5, 5.41) is 3.41. The zero-order valence-corrected chi connectivity index (χ0v) is 13.8. The van der Waals surface area contributed by atoms with Crippen LogP contribution in [0.4, 0.5) is 11.5 Å². The molecule has 0 aromatic carbocycles. The zero-order chi connectivity index (χ0) is 14.9. The average molecular weight is 287 g/mol. The summed E-state index contributed by atoms with van der Waals surface area (Å²) in [4.78, 5) is 7.13. The van der Waals surface area contributed by atoms with E-state index >= 15 is 0 Å². The first-order valence-electron chi connectivity index (χ1n) is 8.58. The molecule has 21 heavy (non-hydrogen) atoms. The molecule has 1 saturated carbocycles. The van der Waals surface area contributed by atoms with Gasteiger partial charge >= 0.3 is 0 Å². The monoisotopic (exact) mass is 287 g/mol. The van der Waals surface area contributed by atoms with Gasteiger partial charge in [0.1, 0.15) is 5.82 Å². The molecule has 1 N–H and O–H groups in total. The molecule has 3 heteroatoms. The number of anilines is 2. The van der Waals surface area contributed by atoms with Gasteiger partial charge in [0.05, 0.1) is 0 Å². The van der Waals surface area contributed by atoms with Gasteiger partial charge < -0.3 is 10.2 Å². The number of fused-ring (bicyclic) bond motifs is 1. The van der Waals surface area contributed by atoms with Gasteiger partial charge in [0.2, 0.25) is 0 Å². The Morgan fingerprint density at radius 2 is 2.24 bits per heavy atom. The highest BCUT2D eigenvalue weighted by Gasteiger charge is 2.39. The lowest BCUT2D eigenvalue weighted by molar-refractivity contribution is 0.482. The van der Waals surface area contributed by atoms with Crippen molar-refractivity contribution >= 4 is 11.5 Å². The molecule has 1 aromatic heterocycles. The van der Waals surface area contributed by atoms with E-state index in [1.54, 1.807) is 0 Å². The molecule has 1 aliphatic carbocycles. The van der Waals surface area contributed by atoms with Crippen LogP contribution in [0.1, 0.15) is 52.0 Å². The quantitative estimate of drug-likeness (QED) is 0.818. The van der Waals surface area contributed by atoms with Crippen molar-refractivity contribution in [1.29, 1.82) is 0 Å². The van der Waals surface area contributed by atoms with E-state index in [-0.39, 0.29) is 0 Å². The fourth-order valence-corrected chi connectivity index (χ4v) is 3.18. The van der Waals surface area contributed by atoms with Crippen molar-refractivity contribution in [3.05, 3.63) is 17.8 Å². The van der Waals surface area contributed by atoms with Crippen LogP contribution < -0.4 is 10.2 Å². The average Bonchev–Trinajstić information content (AvgIpc) is 3.02. The Labute approximate surface area is 129 Å². The highest BCUT2D eigenvalue weighted by atomic mass is 15.2. The van der Waals surface area contributed by atoms with Gasteiger partial charge in [-0.15, -0.1) is 0 Å². The minimum absolute atomic E-state index is 0.553. The predicted molar refractivity (Wildman–Crippen MR) is 90.1 cm³/mol. The Bertz CT molecular complexity index is 493. The lowest BCUT2D eigenvalue weighted by atomic mass is 10.0. The van der Waals surface area contributed by atoms with Crippen molar-refractivity contribution in [1.82, 2.24) is 4.98 Å². The zero-order valence-electron chi connectivity index (χ0n) is 13.8. The molecule has 1 aromatic rings. The Hall–Kier alpha value is -1.25. The molecule has 2 heterocycles. The molecule has 3 nitrogen and oxygen atoms in total. The minimum Gasteiger partial charge on any atom is -0.371 e. The first kappa shape index (κ1) is 14.7. The number of aromatic nitrogens is 1. The Balaban J connectivity index is 1.79. The fraction of sp³-hybridized carbons (Fsp3) is 0.722.